The fourth-order valence-electron chi connectivity index (χ4n) is 4.91. The Bertz CT molecular complexity index is 991. The Hall–Kier alpha value is -2.59. The van der Waals surface area contributed by atoms with Gasteiger partial charge in [-0.1, -0.05) is 6.07 Å². The van der Waals surface area contributed by atoms with Crippen LogP contribution >= 0.6 is 0 Å². The molecule has 2 aliphatic rings. The highest BCUT2D eigenvalue weighted by Gasteiger charge is 2.37. The fourth-order valence-corrected chi connectivity index (χ4v) is 4.91. The molecule has 10 heteroatoms. The summed E-state index contributed by atoms with van der Waals surface area (Å²) in [5.41, 5.74) is 1.93. The smallest absolute Gasteiger partial charge is 0.406 e. The van der Waals surface area contributed by atoms with E-state index in [1.165, 1.54) is 22.9 Å². The summed E-state index contributed by atoms with van der Waals surface area (Å²) in [6, 6.07) is 5.92. The van der Waals surface area contributed by atoms with E-state index < -0.39 is 6.36 Å². The zero-order chi connectivity index (χ0) is 23.0. The molecule has 32 heavy (non-hydrogen) atoms. The van der Waals surface area contributed by atoms with Gasteiger partial charge < -0.3 is 14.7 Å². The molecule has 2 atom stereocenters. The predicted octanol–water partition coefficient (Wildman–Crippen LogP) is 3.06. The van der Waals surface area contributed by atoms with E-state index in [4.69, 9.17) is 0 Å². The molecule has 2 saturated heterocycles. The minimum Gasteiger partial charge on any atom is -0.406 e. The molecule has 174 valence electrons. The van der Waals surface area contributed by atoms with Crippen LogP contribution in [-0.4, -0.2) is 75.3 Å². The molecule has 1 aromatic carbocycles. The van der Waals surface area contributed by atoms with Gasteiger partial charge in [0, 0.05) is 31.2 Å². The third kappa shape index (κ3) is 4.47. The Balaban J connectivity index is 1.54. The summed E-state index contributed by atoms with van der Waals surface area (Å²) in [6.07, 6.45) is -1.91. The quantitative estimate of drug-likeness (QED) is 0.755. The first-order chi connectivity index (χ1) is 15.2. The molecule has 4 rings (SSSR count). The largest absolute Gasteiger partial charge is 0.573 e. The van der Waals surface area contributed by atoms with E-state index in [0.717, 1.165) is 25.8 Å². The summed E-state index contributed by atoms with van der Waals surface area (Å²) >= 11 is 0. The number of aliphatic hydroxyl groups excluding tert-OH is 1. The number of alkyl halides is 3. The van der Waals surface area contributed by atoms with Crippen LogP contribution in [0.5, 0.6) is 5.75 Å². The average Bonchev–Trinajstić information content (AvgIpc) is 3.44. The van der Waals surface area contributed by atoms with E-state index in [1.54, 1.807) is 19.9 Å². The third-order valence-corrected chi connectivity index (χ3v) is 6.35. The van der Waals surface area contributed by atoms with Crippen LogP contribution < -0.4 is 4.74 Å². The van der Waals surface area contributed by atoms with Gasteiger partial charge >= 0.3 is 6.36 Å². The van der Waals surface area contributed by atoms with Crippen molar-refractivity contribution in [1.82, 2.24) is 19.6 Å². The highest BCUT2D eigenvalue weighted by Crippen LogP contribution is 2.29. The van der Waals surface area contributed by atoms with Gasteiger partial charge in [-0.2, -0.15) is 5.10 Å². The van der Waals surface area contributed by atoms with Gasteiger partial charge in [-0.3, -0.25) is 9.69 Å². The number of aromatic nitrogens is 2. The van der Waals surface area contributed by atoms with E-state index in [9.17, 15) is 23.1 Å². The monoisotopic (exact) mass is 452 g/mol. The van der Waals surface area contributed by atoms with Crippen LogP contribution in [-0.2, 0) is 0 Å². The number of hydrogen-bond donors (Lipinski definition) is 1. The number of aryl methyl sites for hydroxylation is 1. The Morgan fingerprint density at radius 3 is 2.75 bits per heavy atom. The Kier molecular flexibility index (Phi) is 6.17. The number of likely N-dealkylation sites (tertiary alicyclic amines) is 2. The number of ether oxygens (including phenoxy) is 1. The van der Waals surface area contributed by atoms with Gasteiger partial charge in [0.25, 0.3) is 5.91 Å². The Morgan fingerprint density at radius 2 is 2.03 bits per heavy atom. The number of carbonyl (C=O) groups excluding carboxylic acids is 1. The van der Waals surface area contributed by atoms with E-state index in [1.807, 2.05) is 4.90 Å². The lowest BCUT2D eigenvalue weighted by Crippen LogP contribution is -2.43. The average molecular weight is 452 g/mol. The molecule has 2 aromatic rings. The molecule has 7 nitrogen and oxygen atoms in total. The number of carbonyl (C=O) groups is 1. The summed E-state index contributed by atoms with van der Waals surface area (Å²) in [4.78, 5) is 17.4. The summed E-state index contributed by atoms with van der Waals surface area (Å²) < 4.78 is 43.2. The highest BCUT2D eigenvalue weighted by molar-refractivity contribution is 5.96. The van der Waals surface area contributed by atoms with Crippen molar-refractivity contribution in [3.63, 3.8) is 0 Å². The van der Waals surface area contributed by atoms with Crippen molar-refractivity contribution in [3.8, 4) is 11.4 Å². The summed E-state index contributed by atoms with van der Waals surface area (Å²) in [7, 11) is 0. The molecule has 0 radical (unpaired) electrons. The van der Waals surface area contributed by atoms with Crippen LogP contribution in [0.15, 0.2) is 24.3 Å². The maximum atomic E-state index is 13.3. The van der Waals surface area contributed by atoms with Gasteiger partial charge in [0.1, 0.15) is 5.75 Å². The summed E-state index contributed by atoms with van der Waals surface area (Å²) in [5.74, 6) is -0.474. The number of rotatable bonds is 5. The molecular weight excluding hydrogens is 425 g/mol. The summed E-state index contributed by atoms with van der Waals surface area (Å²) in [6.45, 7) is 5.74. The fraction of sp³-hybridized carbons (Fsp3) is 0.545. The van der Waals surface area contributed by atoms with Crippen molar-refractivity contribution < 1.29 is 27.8 Å². The number of nitrogens with zero attached hydrogens (tertiary/aromatic N) is 4. The Labute approximate surface area is 184 Å². The Morgan fingerprint density at radius 1 is 1.25 bits per heavy atom. The molecule has 0 spiro atoms. The lowest BCUT2D eigenvalue weighted by molar-refractivity contribution is -0.274. The second kappa shape index (κ2) is 8.74. The molecule has 3 heterocycles. The van der Waals surface area contributed by atoms with Crippen LogP contribution in [0.25, 0.3) is 5.69 Å². The van der Waals surface area contributed by atoms with Crippen molar-refractivity contribution in [2.24, 2.45) is 0 Å². The number of aliphatic hydroxyl groups is 1. The molecule has 1 unspecified atom stereocenters. The van der Waals surface area contributed by atoms with Crippen molar-refractivity contribution in [2.45, 2.75) is 51.6 Å². The molecule has 1 N–H and O–H groups in total. The second-order valence-corrected chi connectivity index (χ2v) is 8.41. The molecule has 0 bridgehead atoms. The lowest BCUT2D eigenvalue weighted by atomic mass is 10.1. The van der Waals surface area contributed by atoms with E-state index in [0.29, 0.717) is 35.7 Å². The lowest BCUT2D eigenvalue weighted by Gasteiger charge is -2.29. The van der Waals surface area contributed by atoms with E-state index >= 15 is 0 Å². The molecule has 1 aromatic heterocycles. The van der Waals surface area contributed by atoms with Crippen molar-refractivity contribution in [3.05, 3.63) is 41.2 Å². The SMILES string of the molecule is Cc1nn(-c2cccc(OC(F)(F)F)c2)c(C)c1C(=O)N1CCC(N2CCC[C@H]2CO)C1. The molecule has 2 aliphatic heterocycles. The standard InChI is InChI=1S/C22H27F3N4O3/c1-14-20(21(31)27-10-8-17(12-27)28-9-4-6-18(28)13-30)15(2)29(26-14)16-5-3-7-19(11-16)32-22(23,24)25/h3,5,7,11,17-18,30H,4,6,8-10,12-13H2,1-2H3/t17?,18-/m0/s1. The molecular formula is C22H27F3N4O3. The van der Waals surface area contributed by atoms with Gasteiger partial charge in [0.2, 0.25) is 0 Å². The normalized spacial score (nSPS) is 22.0. The van der Waals surface area contributed by atoms with Gasteiger partial charge in [-0.15, -0.1) is 13.2 Å². The van der Waals surface area contributed by atoms with Crippen molar-refractivity contribution in [1.29, 1.82) is 0 Å². The maximum absolute atomic E-state index is 13.3. The predicted molar refractivity (Wildman–Crippen MR) is 111 cm³/mol. The zero-order valence-corrected chi connectivity index (χ0v) is 18.1. The first-order valence-corrected chi connectivity index (χ1v) is 10.8. The third-order valence-electron chi connectivity index (χ3n) is 6.35. The zero-order valence-electron chi connectivity index (χ0n) is 18.1. The number of amides is 1. The molecule has 0 saturated carbocycles. The maximum Gasteiger partial charge on any atom is 0.573 e. The van der Waals surface area contributed by atoms with E-state index in [2.05, 4.69) is 14.7 Å². The van der Waals surface area contributed by atoms with Gasteiger partial charge in [0.05, 0.1) is 29.2 Å². The van der Waals surface area contributed by atoms with Crippen molar-refractivity contribution >= 4 is 5.91 Å². The first kappa shape index (κ1) is 22.6. The number of halogens is 3. The van der Waals surface area contributed by atoms with Crippen LogP contribution in [0.1, 0.15) is 41.0 Å². The molecule has 0 aliphatic carbocycles. The highest BCUT2D eigenvalue weighted by atomic mass is 19.4. The van der Waals surface area contributed by atoms with Crippen LogP contribution in [0.4, 0.5) is 13.2 Å². The van der Waals surface area contributed by atoms with Gasteiger partial charge in [-0.05, 0) is 51.8 Å². The van der Waals surface area contributed by atoms with Crippen molar-refractivity contribution in [2.75, 3.05) is 26.2 Å². The van der Waals surface area contributed by atoms with E-state index in [-0.39, 0.29) is 30.3 Å². The minimum atomic E-state index is -4.79. The molecule has 1 amide bonds. The van der Waals surface area contributed by atoms with Gasteiger partial charge in [-0.25, -0.2) is 4.68 Å². The molecule has 2 fully saturated rings. The van der Waals surface area contributed by atoms with Gasteiger partial charge in [0.15, 0.2) is 0 Å². The number of benzene rings is 1. The van der Waals surface area contributed by atoms with Crippen LogP contribution in [0.2, 0.25) is 0 Å². The van der Waals surface area contributed by atoms with Crippen LogP contribution in [0.3, 0.4) is 0 Å². The van der Waals surface area contributed by atoms with Crippen LogP contribution in [0, 0.1) is 13.8 Å². The summed E-state index contributed by atoms with van der Waals surface area (Å²) in [5, 5.41) is 14.0. The topological polar surface area (TPSA) is 70.8 Å². The minimum absolute atomic E-state index is 0.129. The number of hydrogen-bond acceptors (Lipinski definition) is 5. The second-order valence-electron chi connectivity index (χ2n) is 8.41. The first-order valence-electron chi connectivity index (χ1n) is 10.8.